The summed E-state index contributed by atoms with van der Waals surface area (Å²) in [5.74, 6) is -0.955. The summed E-state index contributed by atoms with van der Waals surface area (Å²) >= 11 is 3.34. The molecule has 5 nitrogen and oxygen atoms in total. The Balaban J connectivity index is 2.06. The number of carbonyl (C=O) groups is 2. The highest BCUT2D eigenvalue weighted by Crippen LogP contribution is 2.24. The summed E-state index contributed by atoms with van der Waals surface area (Å²) < 4.78 is 5.97. The van der Waals surface area contributed by atoms with E-state index in [1.54, 1.807) is 0 Å². The van der Waals surface area contributed by atoms with E-state index < -0.39 is 18.2 Å². The van der Waals surface area contributed by atoms with Crippen LogP contribution in [0.4, 0.5) is 10.5 Å². The van der Waals surface area contributed by atoms with Gasteiger partial charge in [0.05, 0.1) is 6.42 Å². The van der Waals surface area contributed by atoms with Crippen molar-refractivity contribution in [3.63, 3.8) is 0 Å². The molecule has 1 heterocycles. The number of aliphatic carboxylic acids is 1. The number of cyclic esters (lactones) is 1. The number of ether oxygens (including phenoxy) is 1. The van der Waals surface area contributed by atoms with Gasteiger partial charge in [-0.2, -0.15) is 0 Å². The molecule has 1 aliphatic rings. The summed E-state index contributed by atoms with van der Waals surface area (Å²) in [6, 6.07) is 7.32. The minimum atomic E-state index is -0.955. The van der Waals surface area contributed by atoms with E-state index in [-0.39, 0.29) is 6.42 Å². The smallest absolute Gasteiger partial charge is 0.414 e. The van der Waals surface area contributed by atoms with E-state index in [0.717, 1.165) is 10.2 Å². The van der Waals surface area contributed by atoms with E-state index in [0.29, 0.717) is 13.0 Å². The van der Waals surface area contributed by atoms with Crippen LogP contribution >= 0.6 is 15.9 Å². The highest BCUT2D eigenvalue weighted by atomic mass is 79.9. The third-order valence-corrected chi connectivity index (χ3v) is 3.18. The van der Waals surface area contributed by atoms with Gasteiger partial charge in [-0.15, -0.1) is 0 Å². The molecule has 0 aromatic heterocycles. The second-order valence-electron chi connectivity index (χ2n) is 4.02. The first kappa shape index (κ1) is 12.9. The van der Waals surface area contributed by atoms with Crippen LogP contribution in [0.15, 0.2) is 28.7 Å². The molecule has 0 spiro atoms. The number of carboxylic acids is 1. The molecule has 1 saturated heterocycles. The van der Waals surface area contributed by atoms with Gasteiger partial charge in [-0.1, -0.05) is 22.0 Å². The van der Waals surface area contributed by atoms with Gasteiger partial charge in [0.25, 0.3) is 0 Å². The summed E-state index contributed by atoms with van der Waals surface area (Å²) in [4.78, 5) is 23.9. The van der Waals surface area contributed by atoms with Crippen LogP contribution in [0.5, 0.6) is 0 Å². The number of nitrogens with zero attached hydrogens (tertiary/aromatic N) is 1. The first-order valence-corrected chi connectivity index (χ1v) is 6.31. The lowest BCUT2D eigenvalue weighted by molar-refractivity contribution is -0.139. The van der Waals surface area contributed by atoms with E-state index in [1.165, 1.54) is 4.90 Å². The van der Waals surface area contributed by atoms with Crippen LogP contribution in [0.3, 0.4) is 0 Å². The molecule has 1 aromatic rings. The molecule has 0 radical (unpaired) electrons. The lowest BCUT2D eigenvalue weighted by Crippen LogP contribution is -2.42. The minimum absolute atomic E-state index is 0.141. The maximum absolute atomic E-state index is 11.8. The fourth-order valence-electron chi connectivity index (χ4n) is 1.85. The van der Waals surface area contributed by atoms with Crippen molar-refractivity contribution in [2.75, 3.05) is 11.4 Å². The van der Waals surface area contributed by atoms with E-state index >= 15 is 0 Å². The van der Waals surface area contributed by atoms with Crippen molar-refractivity contribution in [1.82, 2.24) is 0 Å². The first-order chi connectivity index (χ1) is 8.56. The highest BCUT2D eigenvalue weighted by Gasteiger charge is 2.29. The molecule has 1 aliphatic heterocycles. The van der Waals surface area contributed by atoms with Gasteiger partial charge in [-0.3, -0.25) is 9.69 Å². The number of benzene rings is 1. The van der Waals surface area contributed by atoms with Gasteiger partial charge in [0.1, 0.15) is 6.10 Å². The van der Waals surface area contributed by atoms with Crippen molar-refractivity contribution in [2.45, 2.75) is 18.9 Å². The second-order valence-corrected chi connectivity index (χ2v) is 4.94. The number of hydrogen-bond acceptors (Lipinski definition) is 3. The predicted molar refractivity (Wildman–Crippen MR) is 68.6 cm³/mol. The number of amides is 1. The maximum atomic E-state index is 11.8. The molecule has 18 heavy (non-hydrogen) atoms. The number of halogens is 1. The molecule has 1 amide bonds. The Kier molecular flexibility index (Phi) is 3.86. The summed E-state index contributed by atoms with van der Waals surface area (Å²) in [7, 11) is 0. The normalized spacial score (nSPS) is 19.5. The molecule has 6 heteroatoms. The largest absolute Gasteiger partial charge is 0.481 e. The van der Waals surface area contributed by atoms with Crippen LogP contribution in [0.1, 0.15) is 12.8 Å². The Bertz CT molecular complexity index is 477. The van der Waals surface area contributed by atoms with Crippen molar-refractivity contribution in [1.29, 1.82) is 0 Å². The van der Waals surface area contributed by atoms with E-state index in [1.807, 2.05) is 24.3 Å². The van der Waals surface area contributed by atoms with Gasteiger partial charge in [0.2, 0.25) is 0 Å². The molecule has 0 bridgehead atoms. The SMILES string of the molecule is O=C(O)CC1CCN(c2cccc(Br)c2)C(=O)O1. The maximum Gasteiger partial charge on any atom is 0.414 e. The molecule has 2 rings (SSSR count). The second kappa shape index (κ2) is 5.39. The van der Waals surface area contributed by atoms with Crippen LogP contribution in [0.2, 0.25) is 0 Å². The van der Waals surface area contributed by atoms with Crippen LogP contribution in [0.25, 0.3) is 0 Å². The Morgan fingerprint density at radius 2 is 2.33 bits per heavy atom. The highest BCUT2D eigenvalue weighted by molar-refractivity contribution is 9.10. The fourth-order valence-corrected chi connectivity index (χ4v) is 2.23. The van der Waals surface area contributed by atoms with Gasteiger partial charge in [0, 0.05) is 23.1 Å². The number of hydrogen-bond donors (Lipinski definition) is 1. The Hall–Kier alpha value is -1.56. The lowest BCUT2D eigenvalue weighted by Gasteiger charge is -2.31. The summed E-state index contributed by atoms with van der Waals surface area (Å²) in [6.07, 6.45) is -0.646. The van der Waals surface area contributed by atoms with E-state index in [9.17, 15) is 9.59 Å². The summed E-state index contributed by atoms with van der Waals surface area (Å²) in [5.41, 5.74) is 0.739. The van der Waals surface area contributed by atoms with Gasteiger partial charge < -0.3 is 9.84 Å². The van der Waals surface area contributed by atoms with E-state index in [4.69, 9.17) is 9.84 Å². The molecule has 0 aliphatic carbocycles. The summed E-state index contributed by atoms with van der Waals surface area (Å²) in [6.45, 7) is 0.466. The van der Waals surface area contributed by atoms with Gasteiger partial charge in [0.15, 0.2) is 0 Å². The first-order valence-electron chi connectivity index (χ1n) is 5.52. The van der Waals surface area contributed by atoms with Crippen molar-refractivity contribution in [3.05, 3.63) is 28.7 Å². The average molecular weight is 314 g/mol. The fraction of sp³-hybridized carbons (Fsp3) is 0.333. The molecular weight excluding hydrogens is 302 g/mol. The number of rotatable bonds is 3. The van der Waals surface area contributed by atoms with Crippen LogP contribution in [-0.2, 0) is 9.53 Å². The predicted octanol–water partition coefficient (Wildman–Crippen LogP) is 2.64. The van der Waals surface area contributed by atoms with Crippen molar-refractivity contribution in [2.24, 2.45) is 0 Å². The zero-order valence-corrected chi connectivity index (χ0v) is 11.1. The molecule has 1 unspecified atom stereocenters. The Morgan fingerprint density at radius 1 is 1.56 bits per heavy atom. The topological polar surface area (TPSA) is 66.8 Å². The summed E-state index contributed by atoms with van der Waals surface area (Å²) in [5, 5.41) is 8.66. The van der Waals surface area contributed by atoms with Crippen molar-refractivity contribution in [3.8, 4) is 0 Å². The van der Waals surface area contributed by atoms with Gasteiger partial charge >= 0.3 is 12.1 Å². The van der Waals surface area contributed by atoms with Crippen LogP contribution in [0, 0.1) is 0 Å². The third-order valence-electron chi connectivity index (χ3n) is 2.68. The zero-order valence-electron chi connectivity index (χ0n) is 9.51. The number of anilines is 1. The molecular formula is C12H12BrNO4. The lowest BCUT2D eigenvalue weighted by atomic mass is 10.1. The quantitative estimate of drug-likeness (QED) is 0.931. The Morgan fingerprint density at radius 3 is 2.94 bits per heavy atom. The molecule has 1 N–H and O–H groups in total. The average Bonchev–Trinajstić information content (AvgIpc) is 2.28. The van der Waals surface area contributed by atoms with Crippen LogP contribution in [-0.4, -0.2) is 29.8 Å². The minimum Gasteiger partial charge on any atom is -0.481 e. The molecule has 0 saturated carbocycles. The van der Waals surface area contributed by atoms with Crippen molar-refractivity contribution < 1.29 is 19.4 Å². The van der Waals surface area contributed by atoms with Crippen LogP contribution < -0.4 is 4.90 Å². The molecule has 1 aromatic carbocycles. The van der Waals surface area contributed by atoms with Crippen molar-refractivity contribution >= 4 is 33.7 Å². The zero-order chi connectivity index (χ0) is 13.1. The standard InChI is InChI=1S/C12H12BrNO4/c13-8-2-1-3-9(6-8)14-5-4-10(7-11(15)16)18-12(14)17/h1-3,6,10H,4-5,7H2,(H,15,16). The number of carbonyl (C=O) groups excluding carboxylic acids is 1. The monoisotopic (exact) mass is 313 g/mol. The Labute approximate surface area is 112 Å². The molecule has 1 fully saturated rings. The molecule has 1 atom stereocenters. The third kappa shape index (κ3) is 3.01. The van der Waals surface area contributed by atoms with Gasteiger partial charge in [-0.05, 0) is 18.2 Å². The number of carboxylic acid groups (broad SMARTS) is 1. The van der Waals surface area contributed by atoms with E-state index in [2.05, 4.69) is 15.9 Å². The molecule has 96 valence electrons. The van der Waals surface area contributed by atoms with Gasteiger partial charge in [-0.25, -0.2) is 4.79 Å².